The lowest BCUT2D eigenvalue weighted by atomic mass is 10.2. The van der Waals surface area contributed by atoms with E-state index in [1.54, 1.807) is 18.2 Å². The van der Waals surface area contributed by atoms with Crippen LogP contribution >= 0.6 is 0 Å². The monoisotopic (exact) mass is 301 g/mol. The van der Waals surface area contributed by atoms with Crippen LogP contribution in [-0.4, -0.2) is 29.2 Å². The number of ether oxygens (including phenoxy) is 2. The summed E-state index contributed by atoms with van der Waals surface area (Å²) >= 11 is 0. The van der Waals surface area contributed by atoms with Crippen molar-refractivity contribution >= 4 is 10.9 Å². The Bertz CT molecular complexity index is 908. The second kappa shape index (κ2) is 5.44. The van der Waals surface area contributed by atoms with Gasteiger partial charge in [-0.3, -0.25) is 4.79 Å². The number of pyridine rings is 1. The Labute approximate surface area is 124 Å². The highest BCUT2D eigenvalue weighted by molar-refractivity contribution is 5.87. The molecule has 0 atom stereocenters. The SMILES string of the molecule is COc1cc(OC)c2c(=O)[nH]c(-c3cccc(F)n3)nc2c1. The maximum atomic E-state index is 13.2. The number of aromatic amines is 1. The van der Waals surface area contributed by atoms with E-state index in [1.807, 2.05) is 0 Å². The van der Waals surface area contributed by atoms with E-state index in [0.717, 1.165) is 0 Å². The van der Waals surface area contributed by atoms with Gasteiger partial charge >= 0.3 is 0 Å². The van der Waals surface area contributed by atoms with Gasteiger partial charge in [-0.25, -0.2) is 9.97 Å². The molecule has 3 aromatic rings. The Kier molecular flexibility index (Phi) is 3.46. The molecule has 0 saturated heterocycles. The first kappa shape index (κ1) is 14.0. The minimum absolute atomic E-state index is 0.173. The molecule has 2 heterocycles. The molecule has 0 unspecified atom stereocenters. The molecule has 0 aliphatic carbocycles. The molecule has 0 radical (unpaired) electrons. The molecular formula is C15H12FN3O3. The lowest BCUT2D eigenvalue weighted by Gasteiger charge is -2.09. The summed E-state index contributed by atoms with van der Waals surface area (Å²) in [7, 11) is 2.96. The Balaban J connectivity index is 2.30. The largest absolute Gasteiger partial charge is 0.497 e. The molecule has 7 heteroatoms. The van der Waals surface area contributed by atoms with Crippen LogP contribution in [0.5, 0.6) is 11.5 Å². The fraction of sp³-hybridized carbons (Fsp3) is 0.133. The van der Waals surface area contributed by atoms with Gasteiger partial charge in [0.1, 0.15) is 22.6 Å². The third-order valence-corrected chi connectivity index (χ3v) is 3.16. The van der Waals surface area contributed by atoms with Crippen LogP contribution in [0.15, 0.2) is 35.1 Å². The predicted molar refractivity (Wildman–Crippen MR) is 78.7 cm³/mol. The van der Waals surface area contributed by atoms with E-state index in [4.69, 9.17) is 9.47 Å². The highest BCUT2D eigenvalue weighted by atomic mass is 19.1. The topological polar surface area (TPSA) is 77.1 Å². The molecule has 0 saturated carbocycles. The van der Waals surface area contributed by atoms with Gasteiger partial charge in [0.15, 0.2) is 5.82 Å². The number of methoxy groups -OCH3 is 2. The Morgan fingerprint density at radius 2 is 1.95 bits per heavy atom. The second-order valence-electron chi connectivity index (χ2n) is 4.48. The van der Waals surface area contributed by atoms with Crippen LogP contribution in [0.2, 0.25) is 0 Å². The van der Waals surface area contributed by atoms with Gasteiger partial charge < -0.3 is 14.5 Å². The lowest BCUT2D eigenvalue weighted by Crippen LogP contribution is -2.11. The minimum atomic E-state index is -0.650. The first-order valence-corrected chi connectivity index (χ1v) is 6.41. The van der Waals surface area contributed by atoms with Crippen molar-refractivity contribution in [2.24, 2.45) is 0 Å². The van der Waals surface area contributed by atoms with Crippen molar-refractivity contribution in [1.29, 1.82) is 0 Å². The van der Waals surface area contributed by atoms with E-state index >= 15 is 0 Å². The van der Waals surface area contributed by atoms with E-state index in [-0.39, 0.29) is 11.5 Å². The van der Waals surface area contributed by atoms with Crippen LogP contribution in [0.1, 0.15) is 0 Å². The summed E-state index contributed by atoms with van der Waals surface area (Å²) in [6, 6.07) is 7.47. The summed E-state index contributed by atoms with van der Waals surface area (Å²) in [4.78, 5) is 22.9. The van der Waals surface area contributed by atoms with Gasteiger partial charge in [0.25, 0.3) is 5.56 Å². The van der Waals surface area contributed by atoms with E-state index in [0.29, 0.717) is 22.4 Å². The number of nitrogens with zero attached hydrogens (tertiary/aromatic N) is 2. The Hall–Kier alpha value is -2.96. The molecule has 0 spiro atoms. The molecule has 0 aliphatic rings. The maximum Gasteiger partial charge on any atom is 0.262 e. The van der Waals surface area contributed by atoms with E-state index < -0.39 is 11.5 Å². The fourth-order valence-electron chi connectivity index (χ4n) is 2.15. The zero-order valence-corrected chi connectivity index (χ0v) is 11.9. The summed E-state index contributed by atoms with van der Waals surface area (Å²) in [5, 5.41) is 0.295. The first-order valence-electron chi connectivity index (χ1n) is 6.41. The zero-order valence-electron chi connectivity index (χ0n) is 11.9. The average Bonchev–Trinajstić information content (AvgIpc) is 2.53. The minimum Gasteiger partial charge on any atom is -0.497 e. The summed E-state index contributed by atoms with van der Waals surface area (Å²) in [6.07, 6.45) is 0. The number of rotatable bonds is 3. The number of H-pyrrole nitrogens is 1. The molecule has 3 rings (SSSR count). The van der Waals surface area contributed by atoms with Gasteiger partial charge in [-0.1, -0.05) is 6.07 Å². The zero-order chi connectivity index (χ0) is 15.7. The number of halogens is 1. The number of hydrogen-bond donors (Lipinski definition) is 1. The normalized spacial score (nSPS) is 10.7. The fourth-order valence-corrected chi connectivity index (χ4v) is 2.15. The quantitative estimate of drug-likeness (QED) is 0.750. The Morgan fingerprint density at radius 3 is 2.64 bits per heavy atom. The number of aromatic nitrogens is 3. The van der Waals surface area contributed by atoms with Crippen LogP contribution in [0, 0.1) is 5.95 Å². The third kappa shape index (κ3) is 2.37. The molecule has 6 nitrogen and oxygen atoms in total. The molecule has 1 aromatic carbocycles. The maximum absolute atomic E-state index is 13.2. The standard InChI is InChI=1S/C15H12FN3O3/c1-21-8-6-10-13(11(7-8)22-2)15(20)19-14(18-10)9-4-3-5-12(16)17-9/h3-7H,1-2H3,(H,18,19,20). The smallest absolute Gasteiger partial charge is 0.262 e. The summed E-state index contributed by atoms with van der Waals surface area (Å²) < 4.78 is 23.6. The van der Waals surface area contributed by atoms with Gasteiger partial charge in [0, 0.05) is 12.1 Å². The van der Waals surface area contributed by atoms with Gasteiger partial charge in [-0.05, 0) is 12.1 Å². The number of hydrogen-bond acceptors (Lipinski definition) is 5. The number of nitrogens with one attached hydrogen (secondary N) is 1. The lowest BCUT2D eigenvalue weighted by molar-refractivity contribution is 0.397. The van der Waals surface area contributed by atoms with Crippen molar-refractivity contribution < 1.29 is 13.9 Å². The van der Waals surface area contributed by atoms with Crippen LogP contribution in [0.25, 0.3) is 22.4 Å². The van der Waals surface area contributed by atoms with Gasteiger partial charge in [0.2, 0.25) is 5.95 Å². The highest BCUT2D eigenvalue weighted by Crippen LogP contribution is 2.28. The Morgan fingerprint density at radius 1 is 1.14 bits per heavy atom. The van der Waals surface area contributed by atoms with E-state index in [1.165, 1.54) is 26.4 Å². The van der Waals surface area contributed by atoms with Crippen molar-refractivity contribution in [2.75, 3.05) is 14.2 Å². The first-order chi connectivity index (χ1) is 10.6. The molecular weight excluding hydrogens is 289 g/mol. The van der Waals surface area contributed by atoms with E-state index in [2.05, 4.69) is 15.0 Å². The van der Waals surface area contributed by atoms with Crippen LogP contribution in [0.3, 0.4) is 0 Å². The van der Waals surface area contributed by atoms with Crippen molar-refractivity contribution in [3.05, 3.63) is 46.6 Å². The molecule has 0 bridgehead atoms. The van der Waals surface area contributed by atoms with Crippen molar-refractivity contribution in [3.63, 3.8) is 0 Å². The van der Waals surface area contributed by atoms with Gasteiger partial charge in [0.05, 0.1) is 19.7 Å². The van der Waals surface area contributed by atoms with Crippen molar-refractivity contribution in [1.82, 2.24) is 15.0 Å². The second-order valence-corrected chi connectivity index (χ2v) is 4.48. The van der Waals surface area contributed by atoms with Crippen molar-refractivity contribution in [3.8, 4) is 23.0 Å². The summed E-state index contributed by atoms with van der Waals surface area (Å²) in [5.41, 5.74) is 0.215. The van der Waals surface area contributed by atoms with Crippen LogP contribution in [0.4, 0.5) is 4.39 Å². The molecule has 0 aliphatic heterocycles. The molecule has 0 fully saturated rings. The van der Waals surface area contributed by atoms with Gasteiger partial charge in [-0.15, -0.1) is 0 Å². The third-order valence-electron chi connectivity index (χ3n) is 3.16. The molecule has 22 heavy (non-hydrogen) atoms. The molecule has 1 N–H and O–H groups in total. The average molecular weight is 301 g/mol. The number of benzene rings is 1. The molecule has 2 aromatic heterocycles. The summed E-state index contributed by atoms with van der Waals surface area (Å²) in [6.45, 7) is 0. The van der Waals surface area contributed by atoms with Gasteiger partial charge in [-0.2, -0.15) is 4.39 Å². The highest BCUT2D eigenvalue weighted by Gasteiger charge is 2.13. The molecule has 0 amide bonds. The van der Waals surface area contributed by atoms with Crippen LogP contribution < -0.4 is 15.0 Å². The predicted octanol–water partition coefficient (Wildman–Crippen LogP) is 2.14. The van der Waals surface area contributed by atoms with E-state index in [9.17, 15) is 9.18 Å². The van der Waals surface area contributed by atoms with Crippen LogP contribution in [-0.2, 0) is 0 Å². The molecule has 112 valence electrons. The number of fused-ring (bicyclic) bond motifs is 1. The summed E-state index contributed by atoms with van der Waals surface area (Å²) in [5.74, 6) is 0.373. The van der Waals surface area contributed by atoms with Crippen molar-refractivity contribution in [2.45, 2.75) is 0 Å².